The Hall–Kier alpha value is -4.89. The summed E-state index contributed by atoms with van der Waals surface area (Å²) in [6.07, 6.45) is 6.57. The number of aromatic nitrogens is 3. The lowest BCUT2D eigenvalue weighted by atomic mass is 9.90. The Balaban J connectivity index is 1.26. The molecule has 0 aliphatic carbocycles. The van der Waals surface area contributed by atoms with E-state index in [1.54, 1.807) is 31.8 Å². The van der Waals surface area contributed by atoms with Crippen LogP contribution >= 0.6 is 0 Å². The molecule has 0 spiro atoms. The first kappa shape index (κ1) is 29.2. The van der Waals surface area contributed by atoms with Gasteiger partial charge in [0.05, 0.1) is 12.6 Å². The standard InChI is InChI=1S/C35H35FN6O2/c1-22-25(24-19-29(36)28(32(20-24)44-3)21-37-16-18-42-17-6-11-33(42)43)7-4-8-26(22)27-9-5-10-30(23(27)2)41-35-34-31(12-13-40-35)38-14-15-39-34/h4-5,7-10,12-15,19-20,37H,6,11,16-18,21H2,1-3H3,(H,40,41). The van der Waals surface area contributed by atoms with Crippen LogP contribution in [-0.4, -0.2) is 52.5 Å². The molecule has 1 amide bonds. The zero-order chi connectivity index (χ0) is 30.6. The Labute approximate surface area is 256 Å². The topological polar surface area (TPSA) is 92.3 Å². The van der Waals surface area contributed by atoms with Gasteiger partial charge in [-0.25, -0.2) is 14.4 Å². The molecule has 2 N–H and O–H groups in total. The van der Waals surface area contributed by atoms with Crippen LogP contribution < -0.4 is 15.4 Å². The fraction of sp³-hybridized carbons (Fsp3) is 0.257. The van der Waals surface area contributed by atoms with Crippen LogP contribution in [0.4, 0.5) is 15.9 Å². The maximum absolute atomic E-state index is 15.6. The average Bonchev–Trinajstić information content (AvgIpc) is 3.45. The molecule has 3 heterocycles. The van der Waals surface area contributed by atoms with Gasteiger partial charge in [-0.15, -0.1) is 0 Å². The van der Waals surface area contributed by atoms with Crippen molar-refractivity contribution in [3.05, 3.63) is 95.7 Å². The van der Waals surface area contributed by atoms with E-state index in [-0.39, 0.29) is 11.7 Å². The van der Waals surface area contributed by atoms with Crippen LogP contribution in [0.25, 0.3) is 33.3 Å². The number of amides is 1. The summed E-state index contributed by atoms with van der Waals surface area (Å²) in [5.74, 6) is 0.986. The van der Waals surface area contributed by atoms with Crippen molar-refractivity contribution >= 4 is 28.4 Å². The van der Waals surface area contributed by atoms with Crippen LogP contribution in [0.15, 0.2) is 73.2 Å². The van der Waals surface area contributed by atoms with Gasteiger partial charge in [0, 0.05) is 62.4 Å². The molecule has 9 heteroatoms. The van der Waals surface area contributed by atoms with Crippen molar-refractivity contribution < 1.29 is 13.9 Å². The molecule has 8 nitrogen and oxygen atoms in total. The van der Waals surface area contributed by atoms with E-state index in [0.717, 1.165) is 57.6 Å². The molecule has 1 aliphatic rings. The third kappa shape index (κ3) is 5.83. The highest BCUT2D eigenvalue weighted by Crippen LogP contribution is 2.38. The number of ether oxygens (including phenoxy) is 1. The molecule has 2 aromatic heterocycles. The SMILES string of the molecule is COc1cc(-c2cccc(-c3cccc(Nc4nccc5nccnc45)c3C)c2C)cc(F)c1CNCCN1CCCC1=O. The first-order valence-electron chi connectivity index (χ1n) is 14.8. The van der Waals surface area contributed by atoms with E-state index in [9.17, 15) is 4.79 Å². The third-order valence-electron chi connectivity index (χ3n) is 8.31. The van der Waals surface area contributed by atoms with Crippen LogP contribution in [0.1, 0.15) is 29.5 Å². The maximum Gasteiger partial charge on any atom is 0.222 e. The summed E-state index contributed by atoms with van der Waals surface area (Å²) in [4.78, 5) is 27.1. The van der Waals surface area contributed by atoms with Gasteiger partial charge < -0.3 is 20.3 Å². The normalized spacial score (nSPS) is 13.1. The summed E-state index contributed by atoms with van der Waals surface area (Å²) in [7, 11) is 1.56. The van der Waals surface area contributed by atoms with E-state index in [0.29, 0.717) is 48.7 Å². The molecule has 224 valence electrons. The molecule has 0 unspecified atom stereocenters. The number of carbonyl (C=O) groups is 1. The number of carbonyl (C=O) groups excluding carboxylic acids is 1. The minimum Gasteiger partial charge on any atom is -0.496 e. The molecule has 0 bridgehead atoms. The number of nitrogens with zero attached hydrogens (tertiary/aromatic N) is 4. The van der Waals surface area contributed by atoms with Crippen LogP contribution in [0.2, 0.25) is 0 Å². The second kappa shape index (κ2) is 12.8. The van der Waals surface area contributed by atoms with E-state index in [2.05, 4.69) is 51.6 Å². The lowest BCUT2D eigenvalue weighted by Crippen LogP contribution is -2.32. The lowest BCUT2D eigenvalue weighted by molar-refractivity contribution is -0.127. The van der Waals surface area contributed by atoms with Crippen molar-refractivity contribution in [2.75, 3.05) is 32.1 Å². The maximum atomic E-state index is 15.6. The molecule has 44 heavy (non-hydrogen) atoms. The van der Waals surface area contributed by atoms with Crippen LogP contribution in [0.3, 0.4) is 0 Å². The number of hydrogen-bond donors (Lipinski definition) is 2. The van der Waals surface area contributed by atoms with Crippen molar-refractivity contribution in [1.82, 2.24) is 25.2 Å². The van der Waals surface area contributed by atoms with Crippen LogP contribution in [0.5, 0.6) is 5.75 Å². The quantitative estimate of drug-likeness (QED) is 0.178. The highest BCUT2D eigenvalue weighted by Gasteiger charge is 2.20. The largest absolute Gasteiger partial charge is 0.496 e. The highest BCUT2D eigenvalue weighted by molar-refractivity contribution is 5.89. The monoisotopic (exact) mass is 590 g/mol. The second-order valence-corrected chi connectivity index (χ2v) is 11.0. The number of fused-ring (bicyclic) bond motifs is 1. The number of benzene rings is 3. The number of halogens is 1. The molecule has 0 saturated carbocycles. The van der Waals surface area contributed by atoms with Crippen molar-refractivity contribution in [2.45, 2.75) is 33.2 Å². The summed E-state index contributed by atoms with van der Waals surface area (Å²) >= 11 is 0. The summed E-state index contributed by atoms with van der Waals surface area (Å²) < 4.78 is 21.2. The number of hydrogen-bond acceptors (Lipinski definition) is 7. The molecule has 3 aromatic carbocycles. The predicted molar refractivity (Wildman–Crippen MR) is 171 cm³/mol. The number of likely N-dealkylation sites (tertiary alicyclic amines) is 1. The zero-order valence-electron chi connectivity index (χ0n) is 25.2. The van der Waals surface area contributed by atoms with E-state index < -0.39 is 0 Å². The van der Waals surface area contributed by atoms with Gasteiger partial charge in [0.25, 0.3) is 0 Å². The van der Waals surface area contributed by atoms with Gasteiger partial charge in [-0.3, -0.25) is 9.78 Å². The summed E-state index contributed by atoms with van der Waals surface area (Å²) in [5.41, 5.74) is 8.73. The number of rotatable bonds is 10. The van der Waals surface area contributed by atoms with Gasteiger partial charge in [-0.2, -0.15) is 0 Å². The van der Waals surface area contributed by atoms with Crippen molar-refractivity contribution in [1.29, 1.82) is 0 Å². The number of nitrogens with one attached hydrogen (secondary N) is 2. The van der Waals surface area contributed by atoms with E-state index in [4.69, 9.17) is 4.74 Å². The fourth-order valence-corrected chi connectivity index (χ4v) is 5.91. The van der Waals surface area contributed by atoms with Gasteiger partial charge in [0.1, 0.15) is 17.1 Å². The molecular weight excluding hydrogens is 555 g/mol. The predicted octanol–water partition coefficient (Wildman–Crippen LogP) is 6.58. The average molecular weight is 591 g/mol. The number of methoxy groups -OCH3 is 1. The summed E-state index contributed by atoms with van der Waals surface area (Å²) in [6.45, 7) is 6.45. The first-order chi connectivity index (χ1) is 21.4. The van der Waals surface area contributed by atoms with Crippen LogP contribution in [0, 0.1) is 19.7 Å². The summed E-state index contributed by atoms with van der Waals surface area (Å²) in [6, 6.07) is 17.5. The molecule has 5 aromatic rings. The Morgan fingerprint density at radius 3 is 2.50 bits per heavy atom. The van der Waals surface area contributed by atoms with E-state index in [1.807, 2.05) is 41.3 Å². The minimum atomic E-state index is -0.332. The first-order valence-corrected chi connectivity index (χ1v) is 14.8. The Morgan fingerprint density at radius 1 is 0.932 bits per heavy atom. The zero-order valence-corrected chi connectivity index (χ0v) is 25.2. The third-order valence-corrected chi connectivity index (χ3v) is 8.31. The molecule has 0 atom stereocenters. The van der Waals surface area contributed by atoms with Gasteiger partial charge in [0.15, 0.2) is 5.82 Å². The molecule has 6 rings (SSSR count). The van der Waals surface area contributed by atoms with Gasteiger partial charge in [-0.05, 0) is 77.9 Å². The van der Waals surface area contributed by atoms with Crippen molar-refractivity contribution in [2.24, 2.45) is 0 Å². The second-order valence-electron chi connectivity index (χ2n) is 11.0. The molecule has 1 fully saturated rings. The Kier molecular flexibility index (Phi) is 8.47. The van der Waals surface area contributed by atoms with Crippen molar-refractivity contribution in [3.63, 3.8) is 0 Å². The molecule has 1 aliphatic heterocycles. The minimum absolute atomic E-state index is 0.187. The number of anilines is 2. The van der Waals surface area contributed by atoms with Crippen molar-refractivity contribution in [3.8, 4) is 28.0 Å². The highest BCUT2D eigenvalue weighted by atomic mass is 19.1. The van der Waals surface area contributed by atoms with Gasteiger partial charge >= 0.3 is 0 Å². The van der Waals surface area contributed by atoms with E-state index in [1.165, 1.54) is 0 Å². The van der Waals surface area contributed by atoms with E-state index >= 15 is 4.39 Å². The molecule has 0 radical (unpaired) electrons. The van der Waals surface area contributed by atoms with Gasteiger partial charge in [0.2, 0.25) is 5.91 Å². The summed E-state index contributed by atoms with van der Waals surface area (Å²) in [5, 5.41) is 6.73. The molecular formula is C35H35FN6O2. The fourth-order valence-electron chi connectivity index (χ4n) is 5.91. The molecule has 1 saturated heterocycles. The lowest BCUT2D eigenvalue weighted by Gasteiger charge is -2.19. The van der Waals surface area contributed by atoms with Crippen LogP contribution in [-0.2, 0) is 11.3 Å². The smallest absolute Gasteiger partial charge is 0.222 e. The van der Waals surface area contributed by atoms with Gasteiger partial charge in [-0.1, -0.05) is 30.3 Å². The Morgan fingerprint density at radius 2 is 1.70 bits per heavy atom. The number of pyridine rings is 1. The Bertz CT molecular complexity index is 1840.